The SMILES string of the molecule is O[C@H](CCc1cccc(Br)c1)C(F)(F)F. The predicted octanol–water partition coefficient (Wildman–Crippen LogP) is 3.30. The van der Waals surface area contributed by atoms with E-state index in [2.05, 4.69) is 15.9 Å². The van der Waals surface area contributed by atoms with Gasteiger partial charge in [0.1, 0.15) is 6.10 Å². The molecule has 1 rings (SSSR count). The molecule has 0 bridgehead atoms. The van der Waals surface area contributed by atoms with E-state index in [1.54, 1.807) is 24.3 Å². The van der Waals surface area contributed by atoms with Crippen molar-refractivity contribution in [3.8, 4) is 0 Å². The number of aryl methyl sites for hydroxylation is 1. The first-order valence-electron chi connectivity index (χ1n) is 4.39. The molecular formula is C10H10BrF3O. The third-order valence-electron chi connectivity index (χ3n) is 1.97. The van der Waals surface area contributed by atoms with E-state index in [0.29, 0.717) is 0 Å². The van der Waals surface area contributed by atoms with Gasteiger partial charge in [0.05, 0.1) is 0 Å². The Morgan fingerprint density at radius 2 is 2.00 bits per heavy atom. The topological polar surface area (TPSA) is 20.2 Å². The zero-order chi connectivity index (χ0) is 11.5. The molecule has 0 unspecified atom stereocenters. The summed E-state index contributed by atoms with van der Waals surface area (Å²) in [4.78, 5) is 0. The largest absolute Gasteiger partial charge is 0.414 e. The minimum atomic E-state index is -4.52. The van der Waals surface area contributed by atoms with Crippen molar-refractivity contribution in [3.05, 3.63) is 34.3 Å². The molecule has 0 radical (unpaired) electrons. The van der Waals surface area contributed by atoms with E-state index in [1.807, 2.05) is 0 Å². The van der Waals surface area contributed by atoms with Crippen LogP contribution in [-0.4, -0.2) is 17.4 Å². The lowest BCUT2D eigenvalue weighted by Crippen LogP contribution is -2.28. The fraction of sp³-hybridized carbons (Fsp3) is 0.400. The van der Waals surface area contributed by atoms with Crippen LogP contribution in [-0.2, 0) is 6.42 Å². The summed E-state index contributed by atoms with van der Waals surface area (Å²) in [5.41, 5.74) is 0.771. The maximum atomic E-state index is 12.0. The Balaban J connectivity index is 2.51. The van der Waals surface area contributed by atoms with Crippen LogP contribution in [0.25, 0.3) is 0 Å². The summed E-state index contributed by atoms with van der Waals surface area (Å²) in [6.07, 6.45) is -6.86. The molecule has 0 aliphatic carbocycles. The molecule has 1 nitrogen and oxygen atoms in total. The zero-order valence-corrected chi connectivity index (χ0v) is 9.35. The molecule has 0 saturated heterocycles. The van der Waals surface area contributed by atoms with Gasteiger partial charge in [0, 0.05) is 4.47 Å². The molecule has 0 fully saturated rings. The van der Waals surface area contributed by atoms with E-state index >= 15 is 0 Å². The molecular weight excluding hydrogens is 273 g/mol. The highest BCUT2D eigenvalue weighted by Crippen LogP contribution is 2.24. The highest BCUT2D eigenvalue weighted by Gasteiger charge is 2.37. The van der Waals surface area contributed by atoms with Crippen molar-refractivity contribution >= 4 is 15.9 Å². The van der Waals surface area contributed by atoms with Gasteiger partial charge >= 0.3 is 6.18 Å². The number of aliphatic hydroxyl groups excluding tert-OH is 1. The van der Waals surface area contributed by atoms with Crippen LogP contribution in [0, 0.1) is 0 Å². The van der Waals surface area contributed by atoms with E-state index in [-0.39, 0.29) is 12.8 Å². The van der Waals surface area contributed by atoms with E-state index in [0.717, 1.165) is 10.0 Å². The molecule has 1 aromatic rings. The molecule has 0 heterocycles. The molecule has 1 aromatic carbocycles. The van der Waals surface area contributed by atoms with E-state index in [1.165, 1.54) is 0 Å². The number of benzene rings is 1. The quantitative estimate of drug-likeness (QED) is 0.902. The first-order valence-corrected chi connectivity index (χ1v) is 5.18. The van der Waals surface area contributed by atoms with Crippen LogP contribution in [0.5, 0.6) is 0 Å². The fourth-order valence-electron chi connectivity index (χ4n) is 1.16. The van der Waals surface area contributed by atoms with Gasteiger partial charge < -0.3 is 5.11 Å². The highest BCUT2D eigenvalue weighted by molar-refractivity contribution is 9.10. The predicted molar refractivity (Wildman–Crippen MR) is 54.5 cm³/mol. The van der Waals surface area contributed by atoms with Crippen molar-refractivity contribution in [3.63, 3.8) is 0 Å². The summed E-state index contributed by atoms with van der Waals surface area (Å²) in [6.45, 7) is 0. The van der Waals surface area contributed by atoms with Gasteiger partial charge in [-0.1, -0.05) is 28.1 Å². The Labute approximate surface area is 94.0 Å². The van der Waals surface area contributed by atoms with Crippen molar-refractivity contribution < 1.29 is 18.3 Å². The van der Waals surface area contributed by atoms with Gasteiger partial charge in [-0.3, -0.25) is 0 Å². The van der Waals surface area contributed by atoms with Gasteiger partial charge in [0.2, 0.25) is 0 Å². The van der Waals surface area contributed by atoms with Crippen molar-refractivity contribution in [2.45, 2.75) is 25.1 Å². The van der Waals surface area contributed by atoms with E-state index < -0.39 is 12.3 Å². The first kappa shape index (κ1) is 12.5. The summed E-state index contributed by atoms with van der Waals surface area (Å²) < 4.78 is 36.7. The lowest BCUT2D eigenvalue weighted by Gasteiger charge is -2.14. The van der Waals surface area contributed by atoms with Gasteiger partial charge in [0.15, 0.2) is 0 Å². The minimum Gasteiger partial charge on any atom is -0.384 e. The van der Waals surface area contributed by atoms with E-state index in [4.69, 9.17) is 5.11 Å². The van der Waals surface area contributed by atoms with Crippen LogP contribution in [0.2, 0.25) is 0 Å². The summed E-state index contributed by atoms with van der Waals surface area (Å²) in [5.74, 6) is 0. The Bertz CT molecular complexity index is 325. The second kappa shape index (κ2) is 4.99. The van der Waals surface area contributed by atoms with Crippen LogP contribution >= 0.6 is 15.9 Å². The van der Waals surface area contributed by atoms with Crippen LogP contribution < -0.4 is 0 Å². The highest BCUT2D eigenvalue weighted by atomic mass is 79.9. The normalized spacial score (nSPS) is 13.9. The van der Waals surface area contributed by atoms with Gasteiger partial charge in [-0.15, -0.1) is 0 Å². The average molecular weight is 283 g/mol. The second-order valence-corrected chi connectivity index (χ2v) is 4.14. The molecule has 84 valence electrons. The standard InChI is InChI=1S/C10H10BrF3O/c11-8-3-1-2-7(6-8)4-5-9(15)10(12,13)14/h1-3,6,9,15H,4-5H2/t9-/m1/s1. The third-order valence-corrected chi connectivity index (χ3v) is 2.47. The number of alkyl halides is 3. The number of aliphatic hydroxyl groups is 1. The average Bonchev–Trinajstić information content (AvgIpc) is 2.12. The minimum absolute atomic E-state index is 0.208. The van der Waals surface area contributed by atoms with Crippen LogP contribution in [0.3, 0.4) is 0 Å². The Kier molecular flexibility index (Phi) is 4.16. The monoisotopic (exact) mass is 282 g/mol. The van der Waals surface area contributed by atoms with Crippen molar-refractivity contribution in [2.24, 2.45) is 0 Å². The second-order valence-electron chi connectivity index (χ2n) is 3.23. The maximum Gasteiger partial charge on any atom is 0.414 e. The summed E-state index contributed by atoms with van der Waals surface area (Å²) in [5, 5.41) is 8.78. The molecule has 1 N–H and O–H groups in total. The smallest absolute Gasteiger partial charge is 0.384 e. The lowest BCUT2D eigenvalue weighted by atomic mass is 10.1. The lowest BCUT2D eigenvalue weighted by molar-refractivity contribution is -0.205. The maximum absolute atomic E-state index is 12.0. The number of hydrogen-bond acceptors (Lipinski definition) is 1. The Morgan fingerprint density at radius 3 is 2.53 bits per heavy atom. The third kappa shape index (κ3) is 4.22. The zero-order valence-electron chi connectivity index (χ0n) is 7.76. The molecule has 1 atom stereocenters. The molecule has 0 aliphatic heterocycles. The molecule has 0 saturated carbocycles. The van der Waals surface area contributed by atoms with Gasteiger partial charge in [-0.25, -0.2) is 0 Å². The number of rotatable bonds is 3. The van der Waals surface area contributed by atoms with Crippen LogP contribution in [0.4, 0.5) is 13.2 Å². The van der Waals surface area contributed by atoms with Gasteiger partial charge in [0.25, 0.3) is 0 Å². The van der Waals surface area contributed by atoms with E-state index in [9.17, 15) is 13.2 Å². The van der Waals surface area contributed by atoms with Crippen LogP contribution in [0.1, 0.15) is 12.0 Å². The van der Waals surface area contributed by atoms with Gasteiger partial charge in [-0.2, -0.15) is 13.2 Å². The van der Waals surface area contributed by atoms with Crippen LogP contribution in [0.15, 0.2) is 28.7 Å². The molecule has 0 aromatic heterocycles. The Morgan fingerprint density at radius 1 is 1.33 bits per heavy atom. The molecule has 0 amide bonds. The molecule has 0 aliphatic rings. The molecule has 5 heteroatoms. The van der Waals surface area contributed by atoms with Crippen molar-refractivity contribution in [1.29, 1.82) is 0 Å². The summed E-state index contributed by atoms with van der Waals surface area (Å²) in [6, 6.07) is 7.01. The summed E-state index contributed by atoms with van der Waals surface area (Å²) >= 11 is 3.22. The molecule has 15 heavy (non-hydrogen) atoms. The summed E-state index contributed by atoms with van der Waals surface area (Å²) in [7, 11) is 0. The number of halogens is 4. The Hall–Kier alpha value is -0.550. The first-order chi connectivity index (χ1) is 6.89. The fourth-order valence-corrected chi connectivity index (χ4v) is 1.61. The van der Waals surface area contributed by atoms with Crippen molar-refractivity contribution in [1.82, 2.24) is 0 Å². The van der Waals surface area contributed by atoms with Crippen molar-refractivity contribution in [2.75, 3.05) is 0 Å². The number of hydrogen-bond donors (Lipinski definition) is 1. The molecule has 0 spiro atoms. The van der Waals surface area contributed by atoms with Gasteiger partial charge in [-0.05, 0) is 30.5 Å².